The third-order valence-corrected chi connectivity index (χ3v) is 3.97. The summed E-state index contributed by atoms with van der Waals surface area (Å²) in [5, 5.41) is 18.3. The first-order valence-corrected chi connectivity index (χ1v) is 10.1. The molecule has 1 atom stereocenters. The molecule has 0 bridgehead atoms. The van der Waals surface area contributed by atoms with Gasteiger partial charge in [0.2, 0.25) is 5.91 Å². The molecule has 1 aromatic rings. The Balaban J connectivity index is 2.70. The number of carbonyl (C=O) groups is 2. The quantitative estimate of drug-likeness (QED) is 0.0646. The number of benzene rings is 1. The van der Waals surface area contributed by atoms with Crippen molar-refractivity contribution in [2.45, 2.75) is 45.1 Å². The highest BCUT2D eigenvalue weighted by molar-refractivity contribution is 6.04. The Morgan fingerprint density at radius 3 is 2.68 bits per heavy atom. The number of rotatable bonds is 12. The van der Waals surface area contributed by atoms with E-state index in [1.807, 2.05) is 6.92 Å². The molecule has 168 valence electrons. The predicted octanol–water partition coefficient (Wildman–Crippen LogP) is 2.38. The lowest BCUT2D eigenvalue weighted by Crippen LogP contribution is -2.42. The lowest BCUT2D eigenvalue weighted by molar-refractivity contribution is -0.134. The number of hydrogen-bond donors (Lipinski definition) is 5. The summed E-state index contributed by atoms with van der Waals surface area (Å²) < 4.78 is 5.29. The van der Waals surface area contributed by atoms with E-state index in [9.17, 15) is 9.59 Å². The van der Waals surface area contributed by atoms with Crippen molar-refractivity contribution in [1.82, 2.24) is 5.32 Å². The molecule has 0 aromatic heterocycles. The minimum Gasteiger partial charge on any atom is -0.424 e. The standard InChI is InChI=1S/C21H31N7O3/c1-2-7-20(29)31-18-10-4-3-9-17(18)28-27-15(14-23)11-12-19(25)26-21(30)16(24)8-5-6-13-22/h3-4,9-12,14,16H,2,5-8,13,22-24H2,1H3,(H2,25,26,30)/b12-11-,15-14-,28-27+/t16-/m0/s1. The van der Waals surface area contributed by atoms with Gasteiger partial charge >= 0.3 is 5.97 Å². The van der Waals surface area contributed by atoms with Crippen molar-refractivity contribution in [1.29, 1.82) is 5.41 Å². The highest BCUT2D eigenvalue weighted by atomic mass is 16.5. The van der Waals surface area contributed by atoms with Crippen LogP contribution in [0.15, 0.2) is 58.5 Å². The van der Waals surface area contributed by atoms with E-state index in [0.717, 1.165) is 12.8 Å². The molecule has 0 aliphatic rings. The number of hydrogen-bond acceptors (Lipinski definition) is 9. The summed E-state index contributed by atoms with van der Waals surface area (Å²) in [5.74, 6) is -0.684. The zero-order chi connectivity index (χ0) is 23.1. The number of carbonyl (C=O) groups excluding carboxylic acids is 2. The molecular weight excluding hydrogens is 398 g/mol. The average molecular weight is 430 g/mol. The molecule has 0 heterocycles. The van der Waals surface area contributed by atoms with Gasteiger partial charge in [-0.25, -0.2) is 0 Å². The molecule has 0 saturated heterocycles. The van der Waals surface area contributed by atoms with Crippen molar-refractivity contribution in [2.24, 2.45) is 27.4 Å². The number of nitrogens with one attached hydrogen (secondary N) is 2. The molecule has 0 spiro atoms. The van der Waals surface area contributed by atoms with E-state index in [0.29, 0.717) is 31.5 Å². The maximum Gasteiger partial charge on any atom is 0.311 e. The van der Waals surface area contributed by atoms with Crippen LogP contribution >= 0.6 is 0 Å². The number of unbranched alkanes of at least 4 members (excludes halogenated alkanes) is 1. The van der Waals surface area contributed by atoms with Gasteiger partial charge in [0.15, 0.2) is 5.75 Å². The lowest BCUT2D eigenvalue weighted by Gasteiger charge is -2.10. The second-order valence-corrected chi connectivity index (χ2v) is 6.61. The molecule has 0 aliphatic heterocycles. The molecule has 0 unspecified atom stereocenters. The molecule has 8 N–H and O–H groups in total. The van der Waals surface area contributed by atoms with Crippen LogP contribution in [0.4, 0.5) is 5.69 Å². The first-order valence-electron chi connectivity index (χ1n) is 10.1. The molecule has 0 saturated carbocycles. The van der Waals surface area contributed by atoms with E-state index in [2.05, 4.69) is 15.5 Å². The summed E-state index contributed by atoms with van der Waals surface area (Å²) in [5.41, 5.74) is 17.4. The normalized spacial score (nSPS) is 12.8. The van der Waals surface area contributed by atoms with E-state index in [4.69, 9.17) is 27.3 Å². The Morgan fingerprint density at radius 2 is 2.00 bits per heavy atom. The van der Waals surface area contributed by atoms with Crippen molar-refractivity contribution in [3.63, 3.8) is 0 Å². The van der Waals surface area contributed by atoms with Gasteiger partial charge in [-0.3, -0.25) is 15.0 Å². The number of esters is 1. The van der Waals surface area contributed by atoms with Gasteiger partial charge in [-0.15, -0.1) is 10.2 Å². The Bertz CT molecular complexity index is 834. The van der Waals surface area contributed by atoms with Crippen LogP contribution in [0.3, 0.4) is 0 Å². The number of amidine groups is 1. The fourth-order valence-electron chi connectivity index (χ4n) is 2.31. The van der Waals surface area contributed by atoms with Crippen LogP contribution < -0.4 is 27.3 Å². The first kappa shape index (κ1) is 25.7. The Hall–Kier alpha value is -3.37. The van der Waals surface area contributed by atoms with Crippen LogP contribution in [0.25, 0.3) is 0 Å². The Morgan fingerprint density at radius 1 is 1.26 bits per heavy atom. The summed E-state index contributed by atoms with van der Waals surface area (Å²) in [6.07, 6.45) is 6.91. The fraction of sp³-hybridized carbons (Fsp3) is 0.381. The van der Waals surface area contributed by atoms with Crippen LogP contribution in [0.1, 0.15) is 39.0 Å². The number of ether oxygens (including phenoxy) is 1. The molecule has 31 heavy (non-hydrogen) atoms. The largest absolute Gasteiger partial charge is 0.424 e. The Labute approximate surface area is 182 Å². The van der Waals surface area contributed by atoms with Gasteiger partial charge in [0.05, 0.1) is 6.04 Å². The van der Waals surface area contributed by atoms with Crippen LogP contribution in [0.2, 0.25) is 0 Å². The molecule has 10 nitrogen and oxygen atoms in total. The topological polar surface area (TPSA) is 182 Å². The van der Waals surface area contributed by atoms with Crippen LogP contribution in [0, 0.1) is 5.41 Å². The molecule has 0 radical (unpaired) electrons. The molecule has 1 rings (SSSR count). The monoisotopic (exact) mass is 429 g/mol. The zero-order valence-electron chi connectivity index (χ0n) is 17.7. The maximum atomic E-state index is 12.0. The van der Waals surface area contributed by atoms with Gasteiger partial charge in [0, 0.05) is 12.6 Å². The van der Waals surface area contributed by atoms with E-state index in [-0.39, 0.29) is 23.3 Å². The van der Waals surface area contributed by atoms with E-state index >= 15 is 0 Å². The third kappa shape index (κ3) is 10.3. The number of allylic oxidation sites excluding steroid dienone is 1. The van der Waals surface area contributed by atoms with Crippen molar-refractivity contribution >= 4 is 23.4 Å². The molecule has 1 amide bonds. The number of azo groups is 1. The van der Waals surface area contributed by atoms with E-state index < -0.39 is 11.9 Å². The Kier molecular flexibility index (Phi) is 12.1. The summed E-state index contributed by atoms with van der Waals surface area (Å²) >= 11 is 0. The highest BCUT2D eigenvalue weighted by Gasteiger charge is 2.13. The summed E-state index contributed by atoms with van der Waals surface area (Å²) in [7, 11) is 0. The van der Waals surface area contributed by atoms with Gasteiger partial charge in [-0.05, 0) is 50.1 Å². The molecule has 1 aromatic carbocycles. The van der Waals surface area contributed by atoms with Crippen molar-refractivity contribution < 1.29 is 14.3 Å². The van der Waals surface area contributed by atoms with Gasteiger partial charge in [0.25, 0.3) is 0 Å². The third-order valence-electron chi connectivity index (χ3n) is 3.97. The SMILES string of the molecule is CCCC(=O)Oc1ccccc1/N=N/C(/C=C\C(=N)NC(=O)[C@@H](N)CCCCN)=C\N. The second-order valence-electron chi connectivity index (χ2n) is 6.61. The zero-order valence-corrected chi connectivity index (χ0v) is 17.7. The molecule has 0 aliphatic carbocycles. The minimum atomic E-state index is -0.712. The summed E-state index contributed by atoms with van der Waals surface area (Å²) in [6, 6.07) is 6.00. The smallest absolute Gasteiger partial charge is 0.311 e. The number of amides is 1. The van der Waals surface area contributed by atoms with E-state index in [1.165, 1.54) is 18.4 Å². The summed E-state index contributed by atoms with van der Waals surface area (Å²) in [4.78, 5) is 23.7. The fourth-order valence-corrected chi connectivity index (χ4v) is 2.31. The predicted molar refractivity (Wildman–Crippen MR) is 120 cm³/mol. The number of nitrogens with zero attached hydrogens (tertiary/aromatic N) is 2. The van der Waals surface area contributed by atoms with Crippen LogP contribution in [-0.2, 0) is 9.59 Å². The van der Waals surface area contributed by atoms with Crippen molar-refractivity contribution in [2.75, 3.05) is 6.54 Å². The number of para-hydroxylation sites is 1. The molecule has 0 fully saturated rings. The highest BCUT2D eigenvalue weighted by Crippen LogP contribution is 2.28. The van der Waals surface area contributed by atoms with Gasteiger partial charge < -0.3 is 27.3 Å². The van der Waals surface area contributed by atoms with Crippen molar-refractivity contribution in [3.05, 3.63) is 48.3 Å². The van der Waals surface area contributed by atoms with Gasteiger partial charge in [0.1, 0.15) is 17.2 Å². The maximum absolute atomic E-state index is 12.0. The van der Waals surface area contributed by atoms with Gasteiger partial charge in [-0.2, -0.15) is 0 Å². The van der Waals surface area contributed by atoms with Crippen LogP contribution in [0.5, 0.6) is 5.75 Å². The average Bonchev–Trinajstić information content (AvgIpc) is 2.75. The summed E-state index contributed by atoms with van der Waals surface area (Å²) in [6.45, 7) is 2.43. The first-order chi connectivity index (χ1) is 14.9. The second kappa shape index (κ2) is 14.6. The van der Waals surface area contributed by atoms with Gasteiger partial charge in [-0.1, -0.05) is 25.5 Å². The number of nitrogens with two attached hydrogens (primary N) is 3. The van der Waals surface area contributed by atoms with Crippen LogP contribution in [-0.4, -0.2) is 30.3 Å². The minimum absolute atomic E-state index is 0.164. The molecule has 10 heteroatoms. The molecular formula is C21H31N7O3. The lowest BCUT2D eigenvalue weighted by atomic mass is 10.1. The van der Waals surface area contributed by atoms with E-state index in [1.54, 1.807) is 24.3 Å². The van der Waals surface area contributed by atoms with Crippen molar-refractivity contribution in [3.8, 4) is 5.75 Å².